The van der Waals surface area contributed by atoms with E-state index in [0.29, 0.717) is 11.4 Å². The maximum Gasteiger partial charge on any atom is 0.355 e. The highest BCUT2D eigenvalue weighted by atomic mass is 32.2. The smallest absolute Gasteiger partial charge is 0.355 e. The number of anilines is 1. The number of thiazole rings is 1. The maximum atomic E-state index is 12.5. The second-order valence-corrected chi connectivity index (χ2v) is 7.86. The van der Waals surface area contributed by atoms with E-state index < -0.39 is 24.5 Å². The molecule has 3 heterocycles. The lowest BCUT2D eigenvalue weighted by Crippen LogP contribution is -2.44. The number of carbonyl (C=O) groups is 3. The van der Waals surface area contributed by atoms with Crippen LogP contribution in [-0.4, -0.2) is 64.0 Å². The number of esters is 1. The van der Waals surface area contributed by atoms with Gasteiger partial charge in [0.25, 0.3) is 5.91 Å². The summed E-state index contributed by atoms with van der Waals surface area (Å²) in [6.07, 6.45) is -0.252. The number of nitrogens with one attached hydrogen (secondary N) is 2. The Hall–Kier alpha value is -2.80. The number of rotatable bonds is 7. The van der Waals surface area contributed by atoms with E-state index in [1.54, 1.807) is 0 Å². The van der Waals surface area contributed by atoms with Crippen LogP contribution < -0.4 is 16.4 Å². The number of amides is 1. The Morgan fingerprint density at radius 2 is 2.36 bits per heavy atom. The number of hydrogen-bond acceptors (Lipinski definition) is 11. The van der Waals surface area contributed by atoms with E-state index in [0.717, 1.165) is 16.9 Å². The van der Waals surface area contributed by atoms with E-state index in [4.69, 9.17) is 15.6 Å². The van der Waals surface area contributed by atoms with E-state index >= 15 is 0 Å². The van der Waals surface area contributed by atoms with Crippen molar-refractivity contribution in [2.75, 3.05) is 24.6 Å². The molecule has 0 aromatic carbocycles. The molecule has 3 rings (SSSR count). The van der Waals surface area contributed by atoms with E-state index in [2.05, 4.69) is 25.6 Å². The first-order valence-corrected chi connectivity index (χ1v) is 10.0. The van der Waals surface area contributed by atoms with Crippen LogP contribution in [0.1, 0.15) is 12.6 Å². The van der Waals surface area contributed by atoms with Crippen molar-refractivity contribution in [2.45, 2.75) is 18.4 Å². The van der Waals surface area contributed by atoms with Crippen LogP contribution in [0.25, 0.3) is 0 Å². The Bertz CT molecular complexity index is 867. The number of nitrogens with two attached hydrogens (primary N) is 1. The minimum absolute atomic E-state index is 0.174. The number of nitrogen functional groups attached to an aromatic ring is 1. The van der Waals surface area contributed by atoms with Crippen molar-refractivity contribution in [3.8, 4) is 0 Å². The third-order valence-corrected chi connectivity index (χ3v) is 5.66. The summed E-state index contributed by atoms with van der Waals surface area (Å²) in [4.78, 5) is 43.6. The number of aliphatic carboxylic acids is 1. The van der Waals surface area contributed by atoms with Gasteiger partial charge in [-0.1, -0.05) is 5.16 Å². The number of carboxylic acid groups (broad SMARTS) is 1. The Kier molecular flexibility index (Phi) is 6.04. The second kappa shape index (κ2) is 8.48. The topological polar surface area (TPSA) is 165 Å². The number of carbonyl (C=O) groups excluding carboxylic acids is 2. The normalized spacial score (nSPS) is 21.6. The van der Waals surface area contributed by atoms with Crippen LogP contribution in [0.4, 0.5) is 5.13 Å². The zero-order valence-electron chi connectivity index (χ0n) is 14.6. The molecule has 2 aliphatic rings. The average Bonchev–Trinajstić information content (AvgIpc) is 3.19. The maximum absolute atomic E-state index is 12.5. The minimum atomic E-state index is -1.23. The van der Waals surface area contributed by atoms with Gasteiger partial charge in [0.1, 0.15) is 17.5 Å². The predicted molar refractivity (Wildman–Crippen MR) is 102 cm³/mol. The van der Waals surface area contributed by atoms with E-state index in [-0.39, 0.29) is 34.6 Å². The van der Waals surface area contributed by atoms with Crippen LogP contribution in [0, 0.1) is 0 Å². The molecule has 28 heavy (non-hydrogen) atoms. The summed E-state index contributed by atoms with van der Waals surface area (Å²) in [6, 6.07) is 0. The summed E-state index contributed by atoms with van der Waals surface area (Å²) < 4.78 is 5.17. The lowest BCUT2D eigenvalue weighted by molar-refractivity contribution is -0.142. The molecule has 1 amide bonds. The highest BCUT2D eigenvalue weighted by Gasteiger charge is 2.36. The molecule has 2 aliphatic heterocycles. The van der Waals surface area contributed by atoms with Crippen LogP contribution in [0.5, 0.6) is 0 Å². The largest absolute Gasteiger partial charge is 0.479 e. The molecular weight excluding hydrogens is 410 g/mol. The van der Waals surface area contributed by atoms with Crippen LogP contribution in [0.3, 0.4) is 0 Å². The van der Waals surface area contributed by atoms with Crippen LogP contribution in [-0.2, 0) is 24.0 Å². The minimum Gasteiger partial charge on any atom is -0.479 e. The van der Waals surface area contributed by atoms with Crippen molar-refractivity contribution in [3.05, 3.63) is 22.3 Å². The number of carboxylic acids is 1. The van der Waals surface area contributed by atoms with Crippen molar-refractivity contribution >= 4 is 51.8 Å². The predicted octanol–water partition coefficient (Wildman–Crippen LogP) is -0.491. The van der Waals surface area contributed by atoms with E-state index in [1.165, 1.54) is 17.1 Å². The molecule has 0 fully saturated rings. The molecule has 0 spiro atoms. The number of thioether (sulfide) groups is 1. The number of cyclic esters (lactones) is 1. The van der Waals surface area contributed by atoms with Gasteiger partial charge in [-0.25, -0.2) is 14.6 Å². The molecule has 1 aromatic rings. The first kappa shape index (κ1) is 19.9. The summed E-state index contributed by atoms with van der Waals surface area (Å²) >= 11 is 2.63. The van der Waals surface area contributed by atoms with Gasteiger partial charge in [-0.2, -0.15) is 0 Å². The van der Waals surface area contributed by atoms with E-state index in [9.17, 15) is 14.4 Å². The van der Waals surface area contributed by atoms with Crippen molar-refractivity contribution in [3.63, 3.8) is 0 Å². The Labute approximate surface area is 167 Å². The quantitative estimate of drug-likeness (QED) is 0.253. The molecule has 13 heteroatoms. The fourth-order valence-corrected chi connectivity index (χ4v) is 4.20. The third-order valence-electron chi connectivity index (χ3n) is 3.82. The Balaban J connectivity index is 1.63. The molecule has 2 atom stereocenters. The molecule has 150 valence electrons. The van der Waals surface area contributed by atoms with E-state index in [1.807, 2.05) is 6.92 Å². The Morgan fingerprint density at radius 3 is 3.04 bits per heavy atom. The molecule has 0 bridgehead atoms. The summed E-state index contributed by atoms with van der Waals surface area (Å²) in [6.45, 7) is 1.29. The third kappa shape index (κ3) is 4.54. The number of hydrogen-bond donors (Lipinski definition) is 4. The Morgan fingerprint density at radius 1 is 1.57 bits per heavy atom. The van der Waals surface area contributed by atoms with Crippen LogP contribution >= 0.6 is 23.1 Å². The fourth-order valence-electron chi connectivity index (χ4n) is 2.49. The highest BCUT2D eigenvalue weighted by molar-refractivity contribution is 8.00. The molecule has 1 unspecified atom stereocenters. The van der Waals surface area contributed by atoms with Crippen molar-refractivity contribution in [1.29, 1.82) is 0 Å². The molecule has 0 saturated heterocycles. The summed E-state index contributed by atoms with van der Waals surface area (Å²) in [5, 5.41) is 19.5. The van der Waals surface area contributed by atoms with Gasteiger partial charge in [0.05, 0.1) is 5.37 Å². The number of oxime groups is 1. The summed E-state index contributed by atoms with van der Waals surface area (Å²) in [5.74, 6) is -1.63. The molecule has 1 aromatic heterocycles. The number of nitrogens with zero attached hydrogens (tertiary/aromatic N) is 2. The molecular formula is C15H17N5O6S2. The van der Waals surface area contributed by atoms with Gasteiger partial charge in [-0.15, -0.1) is 23.1 Å². The zero-order chi connectivity index (χ0) is 20.3. The van der Waals surface area contributed by atoms with Crippen molar-refractivity contribution in [1.82, 2.24) is 15.6 Å². The average molecular weight is 427 g/mol. The molecule has 5 N–H and O–H groups in total. The molecule has 0 radical (unpaired) electrons. The summed E-state index contributed by atoms with van der Waals surface area (Å²) in [7, 11) is 0. The zero-order valence-corrected chi connectivity index (χ0v) is 16.3. The van der Waals surface area contributed by atoms with Gasteiger partial charge in [0.15, 0.2) is 10.8 Å². The van der Waals surface area contributed by atoms with Gasteiger partial charge in [-0.05, 0) is 6.92 Å². The van der Waals surface area contributed by atoms with Gasteiger partial charge >= 0.3 is 11.9 Å². The SMILES string of the molecule is CC1OC(=O)C2=C1CS[C@H](CNC(=O)/C(=N/OCC(=O)O)c1csc(N)n1)N2. The number of aromatic nitrogens is 1. The first-order valence-electron chi connectivity index (χ1n) is 8.08. The van der Waals surface area contributed by atoms with Gasteiger partial charge < -0.3 is 31.0 Å². The van der Waals surface area contributed by atoms with Gasteiger partial charge in [0, 0.05) is 23.3 Å². The van der Waals surface area contributed by atoms with Crippen molar-refractivity contribution in [2.24, 2.45) is 5.16 Å². The monoisotopic (exact) mass is 427 g/mol. The highest BCUT2D eigenvalue weighted by Crippen LogP contribution is 2.30. The fraction of sp³-hybridized carbons (Fsp3) is 0.400. The lowest BCUT2D eigenvalue weighted by Gasteiger charge is -2.24. The molecule has 0 saturated carbocycles. The second-order valence-electron chi connectivity index (χ2n) is 5.78. The summed E-state index contributed by atoms with van der Waals surface area (Å²) in [5.41, 5.74) is 6.91. The molecule has 11 nitrogen and oxygen atoms in total. The number of ether oxygens (including phenoxy) is 1. The molecule has 0 aliphatic carbocycles. The van der Waals surface area contributed by atoms with Crippen LogP contribution in [0.15, 0.2) is 21.8 Å². The van der Waals surface area contributed by atoms with Crippen LogP contribution in [0.2, 0.25) is 0 Å². The van der Waals surface area contributed by atoms with Gasteiger partial charge in [0.2, 0.25) is 6.61 Å². The van der Waals surface area contributed by atoms with Gasteiger partial charge in [-0.3, -0.25) is 4.79 Å². The van der Waals surface area contributed by atoms with Crippen molar-refractivity contribution < 1.29 is 29.1 Å². The lowest BCUT2D eigenvalue weighted by atomic mass is 10.1. The first-order chi connectivity index (χ1) is 13.3. The standard InChI is InChI=1S/C15H17N5O6S2/c1-6-7-4-27-9(19-11(7)14(24)26-6)2-17-13(23)12(20-25-3-10(21)22)8-5-28-15(16)18-8/h5-6,9,19H,2-4H2,1H3,(H2,16,18)(H,17,23)(H,21,22)/b20-12+/t6?,9-/m1/s1.